The van der Waals surface area contributed by atoms with Crippen LogP contribution in [0.3, 0.4) is 0 Å². The summed E-state index contributed by atoms with van der Waals surface area (Å²) in [6.45, 7) is -3.76. The number of fused-ring (bicyclic) bond motifs is 1. The molecule has 0 amide bonds. The lowest BCUT2D eigenvalue weighted by Crippen LogP contribution is -2.40. The Bertz CT molecular complexity index is 351. The Morgan fingerprint density at radius 3 is 2.47 bits per heavy atom. The van der Waals surface area contributed by atoms with E-state index in [1.54, 1.807) is 0 Å². The fourth-order valence-corrected chi connectivity index (χ4v) is 2.00. The molecule has 1 aromatic carbocycles. The number of rotatable bonds is 2. The zero-order chi connectivity index (χ0) is 10.9. The van der Waals surface area contributed by atoms with Crippen LogP contribution in [0.5, 0.6) is 0 Å². The molecule has 0 unspecified atom stereocenters. The van der Waals surface area contributed by atoms with Crippen LogP contribution < -0.4 is 0 Å². The second-order valence-electron chi connectivity index (χ2n) is 3.96. The maximum absolute atomic E-state index is 12.2. The average Bonchev–Trinajstić information content (AvgIpc) is 2.15. The fourth-order valence-electron chi connectivity index (χ4n) is 2.00. The van der Waals surface area contributed by atoms with Gasteiger partial charge in [0.1, 0.15) is 0 Å². The summed E-state index contributed by atoms with van der Waals surface area (Å²) in [5.74, 6) is 0. The van der Waals surface area contributed by atoms with E-state index < -0.39 is 13.4 Å². The predicted octanol–water partition coefficient (Wildman–Crippen LogP) is 2.43. The van der Waals surface area contributed by atoms with Gasteiger partial charge >= 0.3 is 6.98 Å². The highest BCUT2D eigenvalue weighted by molar-refractivity contribution is 6.58. The van der Waals surface area contributed by atoms with Gasteiger partial charge in [0.15, 0.2) is 0 Å². The van der Waals surface area contributed by atoms with Crippen molar-refractivity contribution in [2.45, 2.75) is 13.0 Å². The molecule has 0 atom stereocenters. The minimum Gasteiger partial charge on any atom is -0.448 e. The third kappa shape index (κ3) is 2.75. The Labute approximate surface area is 86.9 Å². The SMILES string of the molecule is F[B-](F)(F)CN1CCc2ccccc2C1. The molecule has 1 aliphatic heterocycles. The molecule has 0 aliphatic carbocycles. The summed E-state index contributed by atoms with van der Waals surface area (Å²) in [6, 6.07) is 7.71. The Kier molecular flexibility index (Phi) is 2.73. The summed E-state index contributed by atoms with van der Waals surface area (Å²) in [6.07, 6.45) is -0.0172. The fraction of sp³-hybridized carbons (Fsp3) is 0.400. The van der Waals surface area contributed by atoms with Gasteiger partial charge in [0, 0.05) is 6.54 Å². The molecule has 0 spiro atoms. The molecule has 1 nitrogen and oxygen atoms in total. The van der Waals surface area contributed by atoms with Gasteiger partial charge in [0.2, 0.25) is 0 Å². The van der Waals surface area contributed by atoms with Crippen LogP contribution in [0.25, 0.3) is 0 Å². The normalized spacial score (nSPS) is 17.5. The maximum atomic E-state index is 12.2. The minimum atomic E-state index is -4.70. The third-order valence-electron chi connectivity index (χ3n) is 2.67. The van der Waals surface area contributed by atoms with Gasteiger partial charge in [-0.25, -0.2) is 0 Å². The van der Waals surface area contributed by atoms with Crippen LogP contribution in [-0.2, 0) is 13.0 Å². The first-order valence-electron chi connectivity index (χ1n) is 5.05. The number of hydrogen-bond acceptors (Lipinski definition) is 1. The van der Waals surface area contributed by atoms with Crippen LogP contribution >= 0.6 is 0 Å². The molecule has 0 bridgehead atoms. The highest BCUT2D eigenvalue weighted by atomic mass is 19.4. The highest BCUT2D eigenvalue weighted by Crippen LogP contribution is 2.20. The Morgan fingerprint density at radius 1 is 1.13 bits per heavy atom. The molecule has 15 heavy (non-hydrogen) atoms. The van der Waals surface area contributed by atoms with Crippen LogP contribution in [0.15, 0.2) is 24.3 Å². The van der Waals surface area contributed by atoms with E-state index in [1.807, 2.05) is 24.3 Å². The lowest BCUT2D eigenvalue weighted by atomic mass is 9.89. The predicted molar refractivity (Wildman–Crippen MR) is 54.5 cm³/mol. The Hall–Kier alpha value is -0.965. The number of nitrogens with zero attached hydrogens (tertiary/aromatic N) is 1. The van der Waals surface area contributed by atoms with E-state index in [0.29, 0.717) is 13.1 Å². The first-order chi connectivity index (χ1) is 7.04. The van der Waals surface area contributed by atoms with E-state index in [9.17, 15) is 12.9 Å². The van der Waals surface area contributed by atoms with Crippen LogP contribution in [0.2, 0.25) is 0 Å². The van der Waals surface area contributed by atoms with Gasteiger partial charge in [-0.15, -0.1) is 0 Å². The second-order valence-corrected chi connectivity index (χ2v) is 3.96. The van der Waals surface area contributed by atoms with Crippen LogP contribution in [0.4, 0.5) is 12.9 Å². The molecule has 82 valence electrons. The van der Waals surface area contributed by atoms with E-state index >= 15 is 0 Å². The van der Waals surface area contributed by atoms with Gasteiger partial charge in [-0.1, -0.05) is 24.3 Å². The smallest absolute Gasteiger partial charge is 0.448 e. The van der Waals surface area contributed by atoms with Gasteiger partial charge in [-0.05, 0) is 30.5 Å². The molecule has 0 radical (unpaired) electrons. The van der Waals surface area contributed by atoms with Crippen molar-refractivity contribution in [3.05, 3.63) is 35.4 Å². The van der Waals surface area contributed by atoms with Crippen molar-refractivity contribution in [2.75, 3.05) is 13.0 Å². The lowest BCUT2D eigenvalue weighted by molar-refractivity contribution is 0.260. The molecule has 2 rings (SSSR count). The standard InChI is InChI=1S/C10H12BF3N/c12-11(13,14)8-15-6-5-9-3-1-2-4-10(9)7-15/h1-4H,5-8H2/q-1. The van der Waals surface area contributed by atoms with E-state index in [2.05, 4.69) is 0 Å². The summed E-state index contributed by atoms with van der Waals surface area (Å²) in [5, 5.41) is 0. The molecule has 5 heteroatoms. The highest BCUT2D eigenvalue weighted by Gasteiger charge is 2.28. The minimum absolute atomic E-state index is 0.428. The van der Waals surface area contributed by atoms with Crippen molar-refractivity contribution in [3.63, 3.8) is 0 Å². The molecule has 0 saturated carbocycles. The number of hydrogen-bond donors (Lipinski definition) is 0. The van der Waals surface area contributed by atoms with Gasteiger partial charge in [-0.2, -0.15) is 0 Å². The first-order valence-corrected chi connectivity index (χ1v) is 5.05. The molecule has 1 heterocycles. The molecule has 0 saturated heterocycles. The van der Waals surface area contributed by atoms with Gasteiger partial charge < -0.3 is 17.8 Å². The van der Waals surface area contributed by atoms with Crippen molar-refractivity contribution in [1.82, 2.24) is 4.90 Å². The molecule has 1 aliphatic rings. The Balaban J connectivity index is 2.06. The molecule has 0 N–H and O–H groups in total. The summed E-state index contributed by atoms with van der Waals surface area (Å²) < 4.78 is 36.7. The summed E-state index contributed by atoms with van der Waals surface area (Å²) in [4.78, 5) is 1.47. The molecule has 0 fully saturated rings. The van der Waals surface area contributed by atoms with Crippen molar-refractivity contribution in [3.8, 4) is 0 Å². The summed E-state index contributed by atoms with van der Waals surface area (Å²) in [7, 11) is 0. The largest absolute Gasteiger partial charge is 0.492 e. The van der Waals surface area contributed by atoms with Crippen molar-refractivity contribution >= 4 is 6.98 Å². The Morgan fingerprint density at radius 2 is 1.80 bits per heavy atom. The van der Waals surface area contributed by atoms with Crippen LogP contribution in [-0.4, -0.2) is 24.9 Å². The van der Waals surface area contributed by atoms with Crippen molar-refractivity contribution < 1.29 is 12.9 Å². The topological polar surface area (TPSA) is 3.24 Å². The zero-order valence-electron chi connectivity index (χ0n) is 8.30. The number of halogens is 3. The van der Waals surface area contributed by atoms with E-state index in [0.717, 1.165) is 12.0 Å². The van der Waals surface area contributed by atoms with Crippen LogP contribution in [0.1, 0.15) is 11.1 Å². The van der Waals surface area contributed by atoms with E-state index in [-0.39, 0.29) is 0 Å². The van der Waals surface area contributed by atoms with Gasteiger partial charge in [0.25, 0.3) is 0 Å². The first kappa shape index (κ1) is 10.5. The van der Waals surface area contributed by atoms with Crippen molar-refractivity contribution in [2.24, 2.45) is 0 Å². The van der Waals surface area contributed by atoms with Crippen molar-refractivity contribution in [1.29, 1.82) is 0 Å². The van der Waals surface area contributed by atoms with Gasteiger partial charge in [0.05, 0.1) is 0 Å². The quantitative estimate of drug-likeness (QED) is 0.683. The summed E-state index contributed by atoms with van der Waals surface area (Å²) in [5.41, 5.74) is 2.22. The van der Waals surface area contributed by atoms with Crippen LogP contribution in [0, 0.1) is 0 Å². The zero-order valence-corrected chi connectivity index (χ0v) is 8.30. The lowest BCUT2D eigenvalue weighted by Gasteiger charge is -2.32. The molecular weight excluding hydrogens is 202 g/mol. The number of benzene rings is 1. The molecule has 0 aromatic heterocycles. The summed E-state index contributed by atoms with van der Waals surface area (Å²) >= 11 is 0. The third-order valence-corrected chi connectivity index (χ3v) is 2.67. The van der Waals surface area contributed by atoms with E-state index in [1.165, 1.54) is 10.5 Å². The van der Waals surface area contributed by atoms with Gasteiger partial charge in [-0.3, -0.25) is 0 Å². The van der Waals surface area contributed by atoms with E-state index in [4.69, 9.17) is 0 Å². The average molecular weight is 214 g/mol. The molecular formula is C10H12BF3N-. The maximum Gasteiger partial charge on any atom is 0.492 e. The molecule has 1 aromatic rings. The monoisotopic (exact) mass is 214 g/mol. The second kappa shape index (κ2) is 3.89.